The second-order valence-electron chi connectivity index (χ2n) is 9.41. The van der Waals surface area contributed by atoms with Crippen molar-refractivity contribution in [3.8, 4) is 0 Å². The van der Waals surface area contributed by atoms with Gasteiger partial charge in [-0.05, 0) is 12.8 Å². The van der Waals surface area contributed by atoms with Crippen molar-refractivity contribution in [1.82, 2.24) is 0 Å². The minimum Gasteiger partial charge on any atom is -0.497 e. The standard InChI is InChI=1S/C30H58O7/c1-9-11-13-15-17-19-21-23-25(31-3)27(33-5)29(35-7)37-30(36-8)28(34-6)26(32-4)24-22-20-18-16-14-12-10-2/h29-30H,9-24H2,1-8H3. The van der Waals surface area contributed by atoms with E-state index in [1.54, 1.807) is 42.7 Å². The maximum atomic E-state index is 6.19. The van der Waals surface area contributed by atoms with Crippen LogP contribution in [0.2, 0.25) is 0 Å². The second-order valence-corrected chi connectivity index (χ2v) is 9.41. The van der Waals surface area contributed by atoms with E-state index in [4.69, 9.17) is 33.2 Å². The summed E-state index contributed by atoms with van der Waals surface area (Å²) in [7, 11) is 9.66. The van der Waals surface area contributed by atoms with Crippen LogP contribution in [-0.4, -0.2) is 55.2 Å². The Morgan fingerprint density at radius 3 is 1.03 bits per heavy atom. The number of hydrogen-bond acceptors (Lipinski definition) is 7. The summed E-state index contributed by atoms with van der Waals surface area (Å²) in [5.74, 6) is 2.44. The molecule has 0 aliphatic carbocycles. The van der Waals surface area contributed by atoms with E-state index in [0.29, 0.717) is 11.5 Å². The fourth-order valence-electron chi connectivity index (χ4n) is 4.38. The Bertz CT molecular complexity index is 538. The van der Waals surface area contributed by atoms with Crippen molar-refractivity contribution in [1.29, 1.82) is 0 Å². The summed E-state index contributed by atoms with van der Waals surface area (Å²) < 4.78 is 40.3. The molecule has 7 nitrogen and oxygen atoms in total. The lowest BCUT2D eigenvalue weighted by atomic mass is 10.1. The average molecular weight is 531 g/mol. The monoisotopic (exact) mass is 530 g/mol. The second kappa shape index (κ2) is 24.9. The van der Waals surface area contributed by atoms with Gasteiger partial charge < -0.3 is 33.2 Å². The zero-order valence-electron chi connectivity index (χ0n) is 25.3. The van der Waals surface area contributed by atoms with Gasteiger partial charge in [0.1, 0.15) is 11.5 Å². The SMILES string of the molecule is CCCCCCCCCC(OC)=C(OC)C(OC)OC(OC)C(OC)=C(CCCCCCCCC)OC. The summed E-state index contributed by atoms with van der Waals surface area (Å²) in [6.45, 7) is 4.48. The first kappa shape index (κ1) is 35.6. The molecule has 0 amide bonds. The van der Waals surface area contributed by atoms with Gasteiger partial charge in [-0.25, -0.2) is 0 Å². The molecule has 0 aliphatic rings. The van der Waals surface area contributed by atoms with Gasteiger partial charge in [-0.1, -0.05) is 90.9 Å². The number of hydrogen-bond donors (Lipinski definition) is 0. The van der Waals surface area contributed by atoms with Crippen LogP contribution in [0.4, 0.5) is 0 Å². The third-order valence-corrected chi connectivity index (χ3v) is 6.60. The number of rotatable bonds is 26. The van der Waals surface area contributed by atoms with Gasteiger partial charge >= 0.3 is 0 Å². The van der Waals surface area contributed by atoms with E-state index in [2.05, 4.69) is 13.8 Å². The molecule has 37 heavy (non-hydrogen) atoms. The molecule has 2 unspecified atom stereocenters. The van der Waals surface area contributed by atoms with Crippen LogP contribution >= 0.6 is 0 Å². The van der Waals surface area contributed by atoms with Crippen molar-refractivity contribution in [2.75, 3.05) is 42.7 Å². The van der Waals surface area contributed by atoms with Crippen LogP contribution in [0.3, 0.4) is 0 Å². The predicted molar refractivity (Wildman–Crippen MR) is 150 cm³/mol. The highest BCUT2D eigenvalue weighted by Gasteiger charge is 2.29. The van der Waals surface area contributed by atoms with Gasteiger partial charge in [-0.2, -0.15) is 0 Å². The zero-order chi connectivity index (χ0) is 27.7. The Morgan fingerprint density at radius 1 is 0.432 bits per heavy atom. The Hall–Kier alpha value is -1.44. The molecule has 0 aromatic rings. The minimum atomic E-state index is -0.823. The largest absolute Gasteiger partial charge is 0.497 e. The molecule has 0 saturated carbocycles. The lowest BCUT2D eigenvalue weighted by molar-refractivity contribution is -0.223. The van der Waals surface area contributed by atoms with Crippen LogP contribution in [-0.2, 0) is 33.2 Å². The van der Waals surface area contributed by atoms with E-state index in [-0.39, 0.29) is 0 Å². The fraction of sp³-hybridized carbons (Fsp3) is 0.867. The molecule has 0 aliphatic heterocycles. The molecule has 0 rings (SSSR count). The van der Waals surface area contributed by atoms with E-state index >= 15 is 0 Å². The molecule has 2 atom stereocenters. The molecule has 0 fully saturated rings. The van der Waals surface area contributed by atoms with Crippen molar-refractivity contribution in [3.63, 3.8) is 0 Å². The molecule has 0 aromatic carbocycles. The average Bonchev–Trinajstić information content (AvgIpc) is 2.92. The molecular weight excluding hydrogens is 472 g/mol. The van der Waals surface area contributed by atoms with Crippen molar-refractivity contribution in [2.24, 2.45) is 0 Å². The van der Waals surface area contributed by atoms with Gasteiger partial charge in [0.05, 0.1) is 28.4 Å². The Kier molecular flexibility index (Phi) is 23.9. The molecular formula is C30H58O7. The van der Waals surface area contributed by atoms with E-state index in [0.717, 1.165) is 50.0 Å². The maximum Gasteiger partial charge on any atom is 0.222 e. The molecule has 0 N–H and O–H groups in total. The summed E-state index contributed by atoms with van der Waals surface area (Å²) >= 11 is 0. The predicted octanol–water partition coefficient (Wildman–Crippen LogP) is 8.24. The highest BCUT2D eigenvalue weighted by Crippen LogP contribution is 2.26. The first-order chi connectivity index (χ1) is 18.1. The van der Waals surface area contributed by atoms with Crippen LogP contribution < -0.4 is 0 Å². The third-order valence-electron chi connectivity index (χ3n) is 6.60. The molecule has 0 aromatic heterocycles. The van der Waals surface area contributed by atoms with Crippen LogP contribution in [0.15, 0.2) is 23.0 Å². The quantitative estimate of drug-likeness (QED) is 0.0634. The summed E-state index contributed by atoms with van der Waals surface area (Å²) in [4.78, 5) is 0. The van der Waals surface area contributed by atoms with E-state index in [1.807, 2.05) is 0 Å². The van der Waals surface area contributed by atoms with Crippen molar-refractivity contribution in [3.05, 3.63) is 23.0 Å². The molecule has 0 bridgehead atoms. The summed E-state index contributed by atoms with van der Waals surface area (Å²) in [5.41, 5.74) is 0. The molecule has 0 spiro atoms. The van der Waals surface area contributed by atoms with Crippen molar-refractivity contribution in [2.45, 2.75) is 129 Å². The van der Waals surface area contributed by atoms with E-state index in [9.17, 15) is 0 Å². The highest BCUT2D eigenvalue weighted by molar-refractivity contribution is 5.08. The number of unbranched alkanes of at least 4 members (excludes halogenated alkanes) is 12. The third kappa shape index (κ3) is 15.5. The van der Waals surface area contributed by atoms with E-state index < -0.39 is 12.6 Å². The van der Waals surface area contributed by atoms with Gasteiger partial charge in [0, 0.05) is 27.1 Å². The van der Waals surface area contributed by atoms with Crippen LogP contribution in [0.25, 0.3) is 0 Å². The highest BCUT2D eigenvalue weighted by atomic mass is 16.8. The van der Waals surface area contributed by atoms with Gasteiger partial charge in [0.15, 0.2) is 11.5 Å². The number of ether oxygens (including phenoxy) is 7. The Morgan fingerprint density at radius 2 is 0.757 bits per heavy atom. The van der Waals surface area contributed by atoms with Crippen LogP contribution in [0, 0.1) is 0 Å². The Labute approximate surface area is 228 Å². The topological polar surface area (TPSA) is 64.6 Å². The summed E-state index contributed by atoms with van der Waals surface area (Å²) in [6, 6.07) is 0. The van der Waals surface area contributed by atoms with Crippen LogP contribution in [0.1, 0.15) is 117 Å². The zero-order valence-corrected chi connectivity index (χ0v) is 25.3. The lowest BCUT2D eigenvalue weighted by Crippen LogP contribution is -2.31. The molecule has 220 valence electrons. The van der Waals surface area contributed by atoms with Crippen molar-refractivity contribution < 1.29 is 33.2 Å². The van der Waals surface area contributed by atoms with Gasteiger partial charge in [0.25, 0.3) is 0 Å². The number of allylic oxidation sites excluding steroid dienone is 2. The Balaban J connectivity index is 5.26. The molecule has 7 heteroatoms. The number of methoxy groups -OCH3 is 6. The minimum absolute atomic E-state index is 0.500. The van der Waals surface area contributed by atoms with Crippen LogP contribution in [0.5, 0.6) is 0 Å². The van der Waals surface area contributed by atoms with E-state index in [1.165, 1.54) is 64.2 Å². The molecule has 0 heterocycles. The van der Waals surface area contributed by atoms with Gasteiger partial charge in [0.2, 0.25) is 12.6 Å². The fourth-order valence-corrected chi connectivity index (χ4v) is 4.38. The first-order valence-corrected chi connectivity index (χ1v) is 14.4. The first-order valence-electron chi connectivity index (χ1n) is 14.4. The van der Waals surface area contributed by atoms with Gasteiger partial charge in [-0.3, -0.25) is 0 Å². The molecule has 0 radical (unpaired) electrons. The molecule has 0 saturated heterocycles. The normalized spacial score (nSPS) is 14.5. The van der Waals surface area contributed by atoms with Gasteiger partial charge in [-0.15, -0.1) is 0 Å². The summed E-state index contributed by atoms with van der Waals surface area (Å²) in [6.07, 6.45) is 17.0. The van der Waals surface area contributed by atoms with Crippen molar-refractivity contribution >= 4 is 0 Å². The summed E-state index contributed by atoms with van der Waals surface area (Å²) in [5, 5.41) is 0. The maximum absolute atomic E-state index is 6.19. The lowest BCUT2D eigenvalue weighted by Gasteiger charge is -2.27. The smallest absolute Gasteiger partial charge is 0.222 e.